The minimum atomic E-state index is -1.27. The molecule has 0 aromatic rings. The molecule has 0 spiro atoms. The Morgan fingerprint density at radius 3 is 2.69 bits per heavy atom. The van der Waals surface area contributed by atoms with Crippen molar-refractivity contribution in [3.63, 3.8) is 0 Å². The molecule has 1 aliphatic heterocycles. The number of hydrogen-bond donors (Lipinski definition) is 1. The molecule has 0 bridgehead atoms. The highest BCUT2D eigenvalue weighted by atomic mass is 16.7. The van der Waals surface area contributed by atoms with Crippen LogP contribution >= 0.6 is 0 Å². The molecule has 0 aromatic heterocycles. The van der Waals surface area contributed by atoms with Crippen LogP contribution in [-0.2, 0) is 19.0 Å². The summed E-state index contributed by atoms with van der Waals surface area (Å²) < 4.78 is 14.8. The first-order valence-electron chi connectivity index (χ1n) is 4.04. The van der Waals surface area contributed by atoms with Gasteiger partial charge in [-0.05, 0) is 13.8 Å². The highest BCUT2D eigenvalue weighted by Gasteiger charge is 2.39. The van der Waals surface area contributed by atoms with Crippen molar-refractivity contribution in [1.82, 2.24) is 0 Å². The topological polar surface area (TPSA) is 65.0 Å². The van der Waals surface area contributed by atoms with Gasteiger partial charge in [-0.1, -0.05) is 0 Å². The van der Waals surface area contributed by atoms with Crippen molar-refractivity contribution < 1.29 is 24.1 Å². The Labute approximate surface area is 76.6 Å². The van der Waals surface area contributed by atoms with Crippen LogP contribution < -0.4 is 0 Å². The zero-order valence-corrected chi connectivity index (χ0v) is 7.94. The molecule has 1 N–H and O–H groups in total. The smallest absolute Gasteiger partial charge is 0.337 e. The Hall–Kier alpha value is -0.650. The van der Waals surface area contributed by atoms with Crippen LogP contribution in [0.1, 0.15) is 13.8 Å². The zero-order chi connectivity index (χ0) is 10.1. The van der Waals surface area contributed by atoms with Gasteiger partial charge in [0.05, 0.1) is 13.7 Å². The van der Waals surface area contributed by atoms with Crippen LogP contribution in [0.4, 0.5) is 0 Å². The summed E-state index contributed by atoms with van der Waals surface area (Å²) in [5.74, 6) is -1.44. The lowest BCUT2D eigenvalue weighted by Crippen LogP contribution is -2.37. The van der Waals surface area contributed by atoms with Gasteiger partial charge in [-0.3, -0.25) is 0 Å². The quantitative estimate of drug-likeness (QED) is 0.604. The van der Waals surface area contributed by atoms with Crippen molar-refractivity contribution in [2.45, 2.75) is 31.8 Å². The molecule has 1 aliphatic rings. The van der Waals surface area contributed by atoms with Crippen molar-refractivity contribution in [1.29, 1.82) is 0 Å². The van der Waals surface area contributed by atoms with Gasteiger partial charge >= 0.3 is 5.97 Å². The van der Waals surface area contributed by atoms with E-state index in [1.54, 1.807) is 13.8 Å². The predicted octanol–water partition coefficient (Wildman–Crippen LogP) is -0.328. The number of aliphatic hydroxyl groups excluding tert-OH is 1. The lowest BCUT2D eigenvalue weighted by molar-refractivity contribution is -0.170. The Morgan fingerprint density at radius 1 is 1.69 bits per heavy atom. The standard InChI is InChI=1S/C8H14O5/c1-8(2)12-4-5(13-8)6(9)7(10)11-3/h5-6,9H,4H2,1-3H3. The molecular weight excluding hydrogens is 176 g/mol. The second kappa shape index (κ2) is 3.61. The molecule has 0 amide bonds. The third-order valence-electron chi connectivity index (χ3n) is 1.83. The molecule has 0 aliphatic carbocycles. The average molecular weight is 190 g/mol. The maximum atomic E-state index is 10.9. The Bertz CT molecular complexity index is 201. The third kappa shape index (κ3) is 2.40. The fourth-order valence-electron chi connectivity index (χ4n) is 1.14. The summed E-state index contributed by atoms with van der Waals surface area (Å²) in [7, 11) is 1.21. The van der Waals surface area contributed by atoms with Gasteiger partial charge in [-0.15, -0.1) is 0 Å². The number of carbonyl (C=O) groups excluding carboxylic acids is 1. The summed E-state index contributed by atoms with van der Waals surface area (Å²) in [4.78, 5) is 10.9. The number of rotatable bonds is 2. The highest BCUT2D eigenvalue weighted by Crippen LogP contribution is 2.24. The lowest BCUT2D eigenvalue weighted by atomic mass is 10.2. The monoisotopic (exact) mass is 190 g/mol. The molecule has 5 nitrogen and oxygen atoms in total. The van der Waals surface area contributed by atoms with Crippen molar-refractivity contribution in [3.05, 3.63) is 0 Å². The van der Waals surface area contributed by atoms with E-state index in [9.17, 15) is 9.90 Å². The van der Waals surface area contributed by atoms with Crippen LogP contribution in [0.25, 0.3) is 0 Å². The maximum absolute atomic E-state index is 10.9. The van der Waals surface area contributed by atoms with E-state index in [-0.39, 0.29) is 6.61 Å². The third-order valence-corrected chi connectivity index (χ3v) is 1.83. The van der Waals surface area contributed by atoms with E-state index in [1.165, 1.54) is 7.11 Å². The maximum Gasteiger partial charge on any atom is 0.337 e. The van der Waals surface area contributed by atoms with Crippen molar-refractivity contribution in [2.75, 3.05) is 13.7 Å². The van der Waals surface area contributed by atoms with Gasteiger partial charge in [0, 0.05) is 0 Å². The average Bonchev–Trinajstić information content (AvgIpc) is 2.43. The normalized spacial score (nSPS) is 28.5. The van der Waals surface area contributed by atoms with Crippen LogP contribution in [0.3, 0.4) is 0 Å². The Morgan fingerprint density at radius 2 is 2.31 bits per heavy atom. The van der Waals surface area contributed by atoms with Crippen LogP contribution in [0.2, 0.25) is 0 Å². The largest absolute Gasteiger partial charge is 0.467 e. The van der Waals surface area contributed by atoms with E-state index in [0.29, 0.717) is 0 Å². The van der Waals surface area contributed by atoms with Gasteiger partial charge in [0.2, 0.25) is 0 Å². The van der Waals surface area contributed by atoms with E-state index in [2.05, 4.69) is 4.74 Å². The van der Waals surface area contributed by atoms with Gasteiger partial charge in [0.1, 0.15) is 6.10 Å². The highest BCUT2D eigenvalue weighted by molar-refractivity contribution is 5.75. The van der Waals surface area contributed by atoms with Crippen molar-refractivity contribution >= 4 is 5.97 Å². The van der Waals surface area contributed by atoms with E-state index < -0.39 is 24.0 Å². The molecule has 13 heavy (non-hydrogen) atoms. The molecule has 76 valence electrons. The number of aliphatic hydroxyl groups is 1. The second-order valence-electron chi connectivity index (χ2n) is 3.34. The Kier molecular flexibility index (Phi) is 2.90. The van der Waals surface area contributed by atoms with Gasteiger partial charge in [-0.25, -0.2) is 4.79 Å². The minimum Gasteiger partial charge on any atom is -0.467 e. The van der Waals surface area contributed by atoms with Crippen LogP contribution in [-0.4, -0.2) is 42.8 Å². The molecule has 2 unspecified atom stereocenters. The summed E-state index contributed by atoms with van der Waals surface area (Å²) in [6.07, 6.45) is -1.91. The first kappa shape index (κ1) is 10.4. The van der Waals surface area contributed by atoms with Crippen molar-refractivity contribution in [2.24, 2.45) is 0 Å². The molecule has 1 fully saturated rings. The summed E-state index contributed by atoms with van der Waals surface area (Å²) in [6, 6.07) is 0. The Balaban J connectivity index is 2.51. The van der Waals surface area contributed by atoms with Gasteiger partial charge < -0.3 is 19.3 Å². The molecule has 0 aromatic carbocycles. The van der Waals surface area contributed by atoms with E-state index in [4.69, 9.17) is 9.47 Å². The SMILES string of the molecule is COC(=O)C(O)C1COC(C)(C)O1. The van der Waals surface area contributed by atoms with Gasteiger partial charge in [0.25, 0.3) is 0 Å². The molecule has 2 atom stereocenters. The molecular formula is C8H14O5. The molecule has 1 saturated heterocycles. The molecule has 1 heterocycles. The van der Waals surface area contributed by atoms with Crippen molar-refractivity contribution in [3.8, 4) is 0 Å². The van der Waals surface area contributed by atoms with E-state index >= 15 is 0 Å². The van der Waals surface area contributed by atoms with Crippen LogP contribution in [0, 0.1) is 0 Å². The van der Waals surface area contributed by atoms with E-state index in [0.717, 1.165) is 0 Å². The van der Waals surface area contributed by atoms with E-state index in [1.807, 2.05) is 0 Å². The van der Waals surface area contributed by atoms with Gasteiger partial charge in [0.15, 0.2) is 11.9 Å². The summed E-state index contributed by atoms with van der Waals surface area (Å²) >= 11 is 0. The predicted molar refractivity (Wildman–Crippen MR) is 42.9 cm³/mol. The number of methoxy groups -OCH3 is 1. The summed E-state index contributed by atoms with van der Waals surface area (Å²) in [5, 5.41) is 9.37. The fourth-order valence-corrected chi connectivity index (χ4v) is 1.14. The number of hydrogen-bond acceptors (Lipinski definition) is 5. The molecule has 1 rings (SSSR count). The minimum absolute atomic E-state index is 0.198. The first-order valence-corrected chi connectivity index (χ1v) is 4.04. The lowest BCUT2D eigenvalue weighted by Gasteiger charge is -2.18. The summed E-state index contributed by atoms with van der Waals surface area (Å²) in [6.45, 7) is 3.64. The summed E-state index contributed by atoms with van der Waals surface area (Å²) in [5.41, 5.74) is 0. The molecule has 5 heteroatoms. The van der Waals surface area contributed by atoms with Crippen LogP contribution in [0.15, 0.2) is 0 Å². The van der Waals surface area contributed by atoms with Crippen LogP contribution in [0.5, 0.6) is 0 Å². The zero-order valence-electron chi connectivity index (χ0n) is 7.94. The number of carbonyl (C=O) groups is 1. The molecule has 0 radical (unpaired) electrons. The first-order chi connectivity index (χ1) is 5.96. The number of esters is 1. The molecule has 0 saturated carbocycles. The van der Waals surface area contributed by atoms with Gasteiger partial charge in [-0.2, -0.15) is 0 Å². The fraction of sp³-hybridized carbons (Fsp3) is 0.875. The second-order valence-corrected chi connectivity index (χ2v) is 3.34. The number of ether oxygens (including phenoxy) is 3.